The molecule has 0 amide bonds. The maximum Gasteiger partial charge on any atom is 0.0620 e. The highest BCUT2D eigenvalue weighted by Crippen LogP contribution is 2.18. The highest BCUT2D eigenvalue weighted by Gasteiger charge is 2.07. The van der Waals surface area contributed by atoms with E-state index in [-0.39, 0.29) is 6.04 Å². The van der Waals surface area contributed by atoms with Gasteiger partial charge in [-0.3, -0.25) is 0 Å². The summed E-state index contributed by atoms with van der Waals surface area (Å²) in [6, 6.07) is 6.08. The number of hydrogen-bond acceptors (Lipinski definition) is 2. The van der Waals surface area contributed by atoms with Gasteiger partial charge < -0.3 is 10.5 Å². The Balaban J connectivity index is 2.46. The molecule has 0 aliphatic heterocycles. The molecule has 0 aromatic heterocycles. The van der Waals surface area contributed by atoms with Crippen molar-refractivity contribution in [3.8, 4) is 0 Å². The summed E-state index contributed by atoms with van der Waals surface area (Å²) in [6.07, 6.45) is 1.79. The third-order valence-corrected chi connectivity index (χ3v) is 2.72. The molecule has 0 saturated carbocycles. The van der Waals surface area contributed by atoms with Crippen LogP contribution in [0.1, 0.15) is 24.5 Å². The van der Waals surface area contributed by atoms with E-state index in [2.05, 4.69) is 13.0 Å². The fraction of sp³-hybridized carbons (Fsp3) is 0.538. The van der Waals surface area contributed by atoms with Gasteiger partial charge in [-0.2, -0.15) is 0 Å². The summed E-state index contributed by atoms with van der Waals surface area (Å²) in [7, 11) is 0. The predicted molar refractivity (Wildman–Crippen MR) is 69.0 cm³/mol. The minimum Gasteiger partial charge on any atom is -0.380 e. The summed E-state index contributed by atoms with van der Waals surface area (Å²) in [5.41, 5.74) is 8.24. The van der Waals surface area contributed by atoms with E-state index in [1.54, 1.807) is 0 Å². The Kier molecular flexibility index (Phi) is 5.81. The number of halogens is 1. The zero-order chi connectivity index (χ0) is 12.0. The number of rotatable bonds is 6. The smallest absolute Gasteiger partial charge is 0.0620 e. The van der Waals surface area contributed by atoms with E-state index >= 15 is 0 Å². The predicted octanol–water partition coefficient (Wildman–Crippen LogP) is 2.94. The van der Waals surface area contributed by atoms with Gasteiger partial charge in [-0.25, -0.2) is 0 Å². The number of benzene rings is 1. The molecule has 0 aliphatic carbocycles. The lowest BCUT2D eigenvalue weighted by Crippen LogP contribution is -2.28. The van der Waals surface area contributed by atoms with Crippen LogP contribution in [0.2, 0.25) is 5.02 Å². The van der Waals surface area contributed by atoms with Gasteiger partial charge in [0.25, 0.3) is 0 Å². The minimum atomic E-state index is 0.0201. The van der Waals surface area contributed by atoms with Crippen molar-refractivity contribution in [1.82, 2.24) is 0 Å². The Morgan fingerprint density at radius 1 is 1.44 bits per heavy atom. The molecule has 16 heavy (non-hydrogen) atoms. The van der Waals surface area contributed by atoms with Crippen molar-refractivity contribution < 1.29 is 4.74 Å². The molecule has 0 saturated heterocycles. The fourth-order valence-electron chi connectivity index (χ4n) is 1.54. The summed E-state index contributed by atoms with van der Waals surface area (Å²) < 4.78 is 5.41. The van der Waals surface area contributed by atoms with Crippen LogP contribution >= 0.6 is 11.6 Å². The summed E-state index contributed by atoms with van der Waals surface area (Å²) >= 11 is 6.14. The zero-order valence-electron chi connectivity index (χ0n) is 10.0. The highest BCUT2D eigenvalue weighted by atomic mass is 35.5. The molecule has 1 aromatic carbocycles. The molecule has 1 aromatic rings. The Labute approximate surface area is 103 Å². The van der Waals surface area contributed by atoms with Gasteiger partial charge in [-0.1, -0.05) is 30.7 Å². The van der Waals surface area contributed by atoms with Crippen molar-refractivity contribution in [2.45, 2.75) is 32.7 Å². The Hall–Kier alpha value is -0.570. The van der Waals surface area contributed by atoms with E-state index in [0.717, 1.165) is 30.0 Å². The molecule has 0 heterocycles. The van der Waals surface area contributed by atoms with Gasteiger partial charge in [0.05, 0.1) is 6.61 Å². The number of ether oxygens (including phenoxy) is 1. The monoisotopic (exact) mass is 241 g/mol. The third kappa shape index (κ3) is 4.52. The van der Waals surface area contributed by atoms with E-state index in [9.17, 15) is 0 Å². The van der Waals surface area contributed by atoms with Gasteiger partial charge >= 0.3 is 0 Å². The van der Waals surface area contributed by atoms with E-state index in [1.807, 2.05) is 19.1 Å². The van der Waals surface area contributed by atoms with Crippen LogP contribution in [0.5, 0.6) is 0 Å². The normalized spacial score (nSPS) is 12.8. The van der Waals surface area contributed by atoms with Gasteiger partial charge in [-0.05, 0) is 37.0 Å². The lowest BCUT2D eigenvalue weighted by atomic mass is 10.1. The Morgan fingerprint density at radius 2 is 2.19 bits per heavy atom. The topological polar surface area (TPSA) is 35.2 Å². The maximum absolute atomic E-state index is 6.14. The average molecular weight is 242 g/mol. The van der Waals surface area contributed by atoms with Crippen molar-refractivity contribution in [3.05, 3.63) is 34.3 Å². The van der Waals surface area contributed by atoms with E-state index in [1.165, 1.54) is 5.56 Å². The van der Waals surface area contributed by atoms with E-state index in [4.69, 9.17) is 22.1 Å². The Bertz CT molecular complexity index is 328. The van der Waals surface area contributed by atoms with Gasteiger partial charge in [0.2, 0.25) is 0 Å². The quantitative estimate of drug-likeness (QED) is 0.778. The molecule has 0 bridgehead atoms. The lowest BCUT2D eigenvalue weighted by molar-refractivity contribution is 0.121. The minimum absolute atomic E-state index is 0.0201. The summed E-state index contributed by atoms with van der Waals surface area (Å²) in [6.45, 7) is 5.48. The van der Waals surface area contributed by atoms with Crippen LogP contribution in [-0.2, 0) is 11.2 Å². The van der Waals surface area contributed by atoms with Crippen molar-refractivity contribution in [1.29, 1.82) is 0 Å². The van der Waals surface area contributed by atoms with Crippen molar-refractivity contribution in [2.75, 3.05) is 13.2 Å². The molecule has 1 rings (SSSR count). The van der Waals surface area contributed by atoms with E-state index in [0.29, 0.717) is 6.61 Å². The molecule has 0 radical (unpaired) electrons. The molecule has 2 N–H and O–H groups in total. The molecular weight excluding hydrogens is 222 g/mol. The SMILES string of the molecule is CCCOCC(N)Cc1ccc(C)cc1Cl. The van der Waals surface area contributed by atoms with Crippen LogP contribution < -0.4 is 5.73 Å². The zero-order valence-corrected chi connectivity index (χ0v) is 10.8. The maximum atomic E-state index is 6.14. The standard InChI is InChI=1S/C13H20ClNO/c1-3-6-16-9-12(15)8-11-5-4-10(2)7-13(11)14/h4-5,7,12H,3,6,8-9,15H2,1-2H3. The molecule has 90 valence electrons. The van der Waals surface area contributed by atoms with Crippen LogP contribution in [-0.4, -0.2) is 19.3 Å². The molecule has 3 heteroatoms. The highest BCUT2D eigenvalue weighted by molar-refractivity contribution is 6.31. The number of aryl methyl sites for hydroxylation is 1. The molecule has 1 unspecified atom stereocenters. The first-order valence-corrected chi connectivity index (χ1v) is 6.09. The first-order valence-electron chi connectivity index (χ1n) is 5.71. The molecule has 0 aliphatic rings. The second kappa shape index (κ2) is 6.89. The van der Waals surface area contributed by atoms with Gasteiger partial charge in [-0.15, -0.1) is 0 Å². The molecule has 2 nitrogen and oxygen atoms in total. The summed E-state index contributed by atoms with van der Waals surface area (Å²) in [5.74, 6) is 0. The van der Waals surface area contributed by atoms with Crippen LogP contribution in [0.25, 0.3) is 0 Å². The largest absolute Gasteiger partial charge is 0.380 e. The molecule has 0 spiro atoms. The van der Waals surface area contributed by atoms with Crippen molar-refractivity contribution >= 4 is 11.6 Å². The average Bonchev–Trinajstić information content (AvgIpc) is 2.23. The van der Waals surface area contributed by atoms with Crippen molar-refractivity contribution in [2.24, 2.45) is 5.73 Å². The first-order chi connectivity index (χ1) is 7.63. The number of nitrogens with two attached hydrogens (primary N) is 1. The van der Waals surface area contributed by atoms with E-state index < -0.39 is 0 Å². The number of hydrogen-bond donors (Lipinski definition) is 1. The van der Waals surface area contributed by atoms with Crippen molar-refractivity contribution in [3.63, 3.8) is 0 Å². The third-order valence-electron chi connectivity index (χ3n) is 2.37. The summed E-state index contributed by atoms with van der Waals surface area (Å²) in [4.78, 5) is 0. The Morgan fingerprint density at radius 3 is 2.81 bits per heavy atom. The lowest BCUT2D eigenvalue weighted by Gasteiger charge is -2.13. The van der Waals surface area contributed by atoms with Crippen LogP contribution in [0.15, 0.2) is 18.2 Å². The fourth-order valence-corrected chi connectivity index (χ4v) is 1.85. The summed E-state index contributed by atoms with van der Waals surface area (Å²) in [5, 5.41) is 0.797. The van der Waals surface area contributed by atoms with Crippen LogP contribution in [0, 0.1) is 6.92 Å². The van der Waals surface area contributed by atoms with Crippen LogP contribution in [0.4, 0.5) is 0 Å². The molecular formula is C13H20ClNO. The molecule has 0 fully saturated rings. The second-order valence-electron chi connectivity index (χ2n) is 4.13. The van der Waals surface area contributed by atoms with Gasteiger partial charge in [0, 0.05) is 17.7 Å². The van der Waals surface area contributed by atoms with Gasteiger partial charge in [0.1, 0.15) is 0 Å². The van der Waals surface area contributed by atoms with Crippen LogP contribution in [0.3, 0.4) is 0 Å². The van der Waals surface area contributed by atoms with Gasteiger partial charge in [0.15, 0.2) is 0 Å². The first kappa shape index (κ1) is 13.5. The second-order valence-corrected chi connectivity index (χ2v) is 4.54. The molecule has 1 atom stereocenters.